The summed E-state index contributed by atoms with van der Waals surface area (Å²) in [5, 5.41) is 3.41. The van der Waals surface area contributed by atoms with Gasteiger partial charge in [0.1, 0.15) is 0 Å². The highest BCUT2D eigenvalue weighted by Gasteiger charge is 2.05. The fourth-order valence-electron chi connectivity index (χ4n) is 1.35. The van der Waals surface area contributed by atoms with Crippen molar-refractivity contribution in [3.63, 3.8) is 0 Å². The van der Waals surface area contributed by atoms with Crippen molar-refractivity contribution in [2.45, 2.75) is 13.0 Å². The molecule has 0 spiro atoms. The molecule has 0 fully saturated rings. The average molecular weight is 258 g/mol. The van der Waals surface area contributed by atoms with E-state index in [1.165, 1.54) is 0 Å². The van der Waals surface area contributed by atoms with E-state index in [1.54, 1.807) is 12.4 Å². The molecule has 1 aromatic heterocycles. The van der Waals surface area contributed by atoms with Gasteiger partial charge in [0.15, 0.2) is 0 Å². The zero-order valence-corrected chi connectivity index (χ0v) is 10.4. The van der Waals surface area contributed by atoms with Crippen molar-refractivity contribution in [1.82, 2.24) is 9.88 Å². The van der Waals surface area contributed by atoms with Crippen LogP contribution < -0.4 is 5.32 Å². The second-order valence-corrected chi connectivity index (χ2v) is 4.52. The summed E-state index contributed by atoms with van der Waals surface area (Å²) in [6.07, 6.45) is 3.58. The van der Waals surface area contributed by atoms with Crippen LogP contribution in [0.4, 0.5) is 5.69 Å². The highest BCUT2D eigenvalue weighted by Crippen LogP contribution is 2.20. The highest BCUT2D eigenvalue weighted by molar-refractivity contribution is 9.10. The Hall–Kier alpha value is -0.610. The van der Waals surface area contributed by atoms with Crippen LogP contribution in [0.15, 0.2) is 22.9 Å². The molecule has 14 heavy (non-hydrogen) atoms. The quantitative estimate of drug-likeness (QED) is 0.897. The van der Waals surface area contributed by atoms with Gasteiger partial charge < -0.3 is 10.2 Å². The van der Waals surface area contributed by atoms with Crippen molar-refractivity contribution in [1.29, 1.82) is 0 Å². The topological polar surface area (TPSA) is 28.2 Å². The minimum atomic E-state index is 0.420. The molecule has 1 heterocycles. The standard InChI is InChI=1S/C10H16BrN3/c1-8(7-14(2)3)13-10-4-5-12-6-9(10)11/h4-6,8H,7H2,1-3H3,(H,12,13)/t8-/m0/s1. The van der Waals surface area contributed by atoms with Gasteiger partial charge in [-0.2, -0.15) is 0 Å². The molecule has 0 saturated carbocycles. The molecule has 0 saturated heterocycles. The lowest BCUT2D eigenvalue weighted by atomic mass is 10.3. The Balaban J connectivity index is 2.56. The summed E-state index contributed by atoms with van der Waals surface area (Å²) in [4.78, 5) is 6.18. The first-order valence-corrected chi connectivity index (χ1v) is 5.39. The first kappa shape index (κ1) is 11.5. The monoisotopic (exact) mass is 257 g/mol. The van der Waals surface area contributed by atoms with Crippen LogP contribution in [-0.2, 0) is 0 Å². The zero-order chi connectivity index (χ0) is 10.6. The molecule has 4 heteroatoms. The van der Waals surface area contributed by atoms with Crippen LogP contribution in [-0.4, -0.2) is 36.6 Å². The van der Waals surface area contributed by atoms with Crippen LogP contribution in [0.2, 0.25) is 0 Å². The summed E-state index contributed by atoms with van der Waals surface area (Å²) < 4.78 is 1.01. The lowest BCUT2D eigenvalue weighted by Gasteiger charge is -2.19. The third kappa shape index (κ3) is 3.64. The Labute approximate surface area is 93.7 Å². The number of nitrogens with zero attached hydrogens (tertiary/aromatic N) is 2. The molecule has 1 rings (SSSR count). The third-order valence-corrected chi connectivity index (χ3v) is 2.45. The van der Waals surface area contributed by atoms with Gasteiger partial charge in [0.2, 0.25) is 0 Å². The molecule has 0 bridgehead atoms. The minimum Gasteiger partial charge on any atom is -0.380 e. The van der Waals surface area contributed by atoms with Gasteiger partial charge in [-0.1, -0.05) is 0 Å². The summed E-state index contributed by atoms with van der Waals surface area (Å²) in [5.74, 6) is 0. The molecule has 1 aromatic rings. The van der Waals surface area contributed by atoms with Gasteiger partial charge in [0.05, 0.1) is 10.2 Å². The lowest BCUT2D eigenvalue weighted by Crippen LogP contribution is -2.29. The summed E-state index contributed by atoms with van der Waals surface area (Å²) in [6.45, 7) is 3.17. The van der Waals surface area contributed by atoms with E-state index < -0.39 is 0 Å². The molecule has 0 unspecified atom stereocenters. The number of nitrogens with one attached hydrogen (secondary N) is 1. The van der Waals surface area contributed by atoms with Crippen LogP contribution in [0.3, 0.4) is 0 Å². The lowest BCUT2D eigenvalue weighted by molar-refractivity contribution is 0.392. The Morgan fingerprint density at radius 1 is 1.57 bits per heavy atom. The van der Waals surface area contributed by atoms with Crippen LogP contribution in [0, 0.1) is 0 Å². The van der Waals surface area contributed by atoms with Crippen molar-refractivity contribution < 1.29 is 0 Å². The Kier molecular flexibility index (Phi) is 4.35. The van der Waals surface area contributed by atoms with Crippen molar-refractivity contribution in [3.05, 3.63) is 22.9 Å². The summed E-state index contributed by atoms with van der Waals surface area (Å²) in [6, 6.07) is 2.39. The number of likely N-dealkylation sites (N-methyl/N-ethyl adjacent to an activating group) is 1. The number of pyridine rings is 1. The third-order valence-electron chi connectivity index (χ3n) is 1.81. The molecule has 0 aromatic carbocycles. The van der Waals surface area contributed by atoms with Crippen molar-refractivity contribution in [2.24, 2.45) is 0 Å². The van der Waals surface area contributed by atoms with Gasteiger partial charge in [-0.25, -0.2) is 0 Å². The van der Waals surface area contributed by atoms with Gasteiger partial charge in [-0.15, -0.1) is 0 Å². The number of rotatable bonds is 4. The van der Waals surface area contributed by atoms with Crippen LogP contribution in [0.1, 0.15) is 6.92 Å². The van der Waals surface area contributed by atoms with Gasteiger partial charge in [0.25, 0.3) is 0 Å². The zero-order valence-electron chi connectivity index (χ0n) is 8.79. The predicted octanol–water partition coefficient (Wildman–Crippen LogP) is 2.21. The second kappa shape index (κ2) is 5.32. The smallest absolute Gasteiger partial charge is 0.0590 e. The second-order valence-electron chi connectivity index (χ2n) is 3.66. The molecule has 3 nitrogen and oxygen atoms in total. The van der Waals surface area contributed by atoms with E-state index in [1.807, 2.05) is 6.07 Å². The predicted molar refractivity (Wildman–Crippen MR) is 63.6 cm³/mol. The van der Waals surface area contributed by atoms with Gasteiger partial charge in [-0.05, 0) is 43.0 Å². The molecular formula is C10H16BrN3. The maximum atomic E-state index is 4.02. The number of anilines is 1. The fourth-order valence-corrected chi connectivity index (χ4v) is 1.72. The summed E-state index contributed by atoms with van der Waals surface area (Å²) in [5.41, 5.74) is 1.09. The van der Waals surface area contributed by atoms with E-state index in [0.29, 0.717) is 6.04 Å². The minimum absolute atomic E-state index is 0.420. The summed E-state index contributed by atoms with van der Waals surface area (Å²) in [7, 11) is 4.14. The molecule has 0 aliphatic rings. The molecule has 1 N–H and O–H groups in total. The number of halogens is 1. The van der Waals surface area contributed by atoms with Crippen molar-refractivity contribution in [3.8, 4) is 0 Å². The molecule has 1 atom stereocenters. The van der Waals surface area contributed by atoms with Crippen LogP contribution >= 0.6 is 15.9 Å². The van der Waals surface area contributed by atoms with Gasteiger partial charge in [0, 0.05) is 25.0 Å². The molecule has 0 aliphatic heterocycles. The van der Waals surface area contributed by atoms with Gasteiger partial charge in [-0.3, -0.25) is 4.98 Å². The molecule has 78 valence electrons. The van der Waals surface area contributed by atoms with Crippen LogP contribution in [0.25, 0.3) is 0 Å². The van der Waals surface area contributed by atoms with E-state index in [4.69, 9.17) is 0 Å². The Morgan fingerprint density at radius 2 is 2.29 bits per heavy atom. The SMILES string of the molecule is C[C@@H](CN(C)C)Nc1ccncc1Br. The van der Waals surface area contributed by atoms with E-state index in [2.05, 4.69) is 52.1 Å². The first-order valence-electron chi connectivity index (χ1n) is 4.60. The molecule has 0 amide bonds. The van der Waals surface area contributed by atoms with E-state index in [-0.39, 0.29) is 0 Å². The first-order chi connectivity index (χ1) is 6.59. The molecular weight excluding hydrogens is 242 g/mol. The Morgan fingerprint density at radius 3 is 2.86 bits per heavy atom. The van der Waals surface area contributed by atoms with E-state index in [0.717, 1.165) is 16.7 Å². The van der Waals surface area contributed by atoms with Crippen LogP contribution in [0.5, 0.6) is 0 Å². The maximum absolute atomic E-state index is 4.02. The van der Waals surface area contributed by atoms with E-state index >= 15 is 0 Å². The van der Waals surface area contributed by atoms with E-state index in [9.17, 15) is 0 Å². The number of aromatic nitrogens is 1. The van der Waals surface area contributed by atoms with Gasteiger partial charge >= 0.3 is 0 Å². The summed E-state index contributed by atoms with van der Waals surface area (Å²) >= 11 is 3.45. The average Bonchev–Trinajstić information content (AvgIpc) is 2.07. The molecule has 0 aliphatic carbocycles. The molecule has 0 radical (unpaired) electrons. The Bertz CT molecular complexity index is 288. The number of hydrogen-bond donors (Lipinski definition) is 1. The van der Waals surface area contributed by atoms with Crippen molar-refractivity contribution in [2.75, 3.05) is 26.0 Å². The highest BCUT2D eigenvalue weighted by atomic mass is 79.9. The largest absolute Gasteiger partial charge is 0.380 e. The normalized spacial score (nSPS) is 12.9. The van der Waals surface area contributed by atoms with Crippen molar-refractivity contribution >= 4 is 21.6 Å². The maximum Gasteiger partial charge on any atom is 0.0590 e. The fraction of sp³-hybridized carbons (Fsp3) is 0.500. The number of hydrogen-bond acceptors (Lipinski definition) is 3.